The number of aromatic nitrogens is 1. The van der Waals surface area contributed by atoms with E-state index in [1.165, 1.54) is 10.5 Å². The summed E-state index contributed by atoms with van der Waals surface area (Å²) in [7, 11) is 0. The lowest BCUT2D eigenvalue weighted by Gasteiger charge is -2.32. The number of Topliss-reactive ketones (excluding diaryl/α,β-unsaturated/α-hetero) is 1. The Hall–Kier alpha value is -1.22. The molecule has 0 spiro atoms. The van der Waals surface area contributed by atoms with Gasteiger partial charge in [-0.3, -0.25) is 9.10 Å². The molecule has 0 aliphatic carbocycles. The molecule has 114 valence electrons. The SMILES string of the molecule is O=C1c2cccnc2N(CC(F)F)SC1c1ccccc1I. The summed E-state index contributed by atoms with van der Waals surface area (Å²) in [5.74, 6) is 0.225. The molecule has 3 rings (SSSR count). The summed E-state index contributed by atoms with van der Waals surface area (Å²) in [6, 6.07) is 10.8. The standard InChI is InChI=1S/C15H11F2IN2OS/c16-12(17)8-20-15-10(5-3-7-19-15)13(21)14(22-20)9-4-1-2-6-11(9)18/h1-7,12,14H,8H2. The summed E-state index contributed by atoms with van der Waals surface area (Å²) in [6.07, 6.45) is -0.983. The number of carbonyl (C=O) groups excluding carboxylic acids is 1. The molecule has 2 aromatic rings. The minimum atomic E-state index is -2.49. The van der Waals surface area contributed by atoms with Crippen molar-refractivity contribution in [2.24, 2.45) is 0 Å². The molecule has 3 nitrogen and oxygen atoms in total. The fraction of sp³-hybridized carbons (Fsp3) is 0.200. The maximum Gasteiger partial charge on any atom is 0.256 e. The third-order valence-corrected chi connectivity index (χ3v) is 5.49. The van der Waals surface area contributed by atoms with Gasteiger partial charge in [0.25, 0.3) is 6.43 Å². The minimum Gasteiger partial charge on any atom is -0.293 e. The number of carbonyl (C=O) groups is 1. The highest BCUT2D eigenvalue weighted by Gasteiger charge is 2.36. The van der Waals surface area contributed by atoms with Gasteiger partial charge in [-0.1, -0.05) is 18.2 Å². The van der Waals surface area contributed by atoms with E-state index in [1.54, 1.807) is 12.1 Å². The van der Waals surface area contributed by atoms with Crippen molar-refractivity contribution in [3.8, 4) is 0 Å². The summed E-state index contributed by atoms with van der Waals surface area (Å²) < 4.78 is 28.1. The van der Waals surface area contributed by atoms with Crippen molar-refractivity contribution in [2.75, 3.05) is 10.8 Å². The van der Waals surface area contributed by atoms with E-state index < -0.39 is 18.2 Å². The first-order valence-corrected chi connectivity index (χ1v) is 8.45. The third kappa shape index (κ3) is 2.96. The molecule has 0 amide bonds. The van der Waals surface area contributed by atoms with Crippen LogP contribution in [0.2, 0.25) is 0 Å². The van der Waals surface area contributed by atoms with Gasteiger partial charge in [-0.15, -0.1) is 0 Å². The van der Waals surface area contributed by atoms with E-state index in [9.17, 15) is 13.6 Å². The zero-order valence-electron chi connectivity index (χ0n) is 11.2. The first kappa shape index (κ1) is 15.7. The molecule has 1 unspecified atom stereocenters. The number of fused-ring (bicyclic) bond motifs is 1. The Balaban J connectivity index is 2.05. The van der Waals surface area contributed by atoms with Crippen LogP contribution in [0.5, 0.6) is 0 Å². The van der Waals surface area contributed by atoms with Gasteiger partial charge >= 0.3 is 0 Å². The van der Waals surface area contributed by atoms with Crippen LogP contribution in [0.1, 0.15) is 21.2 Å². The fourth-order valence-corrected chi connectivity index (χ4v) is 4.45. The second-order valence-corrected chi connectivity index (χ2v) is 6.98. The highest BCUT2D eigenvalue weighted by atomic mass is 127. The van der Waals surface area contributed by atoms with Crippen LogP contribution in [0.4, 0.5) is 14.6 Å². The summed E-state index contributed by atoms with van der Waals surface area (Å²) in [4.78, 5) is 16.8. The lowest BCUT2D eigenvalue weighted by atomic mass is 10.0. The van der Waals surface area contributed by atoms with Crippen molar-refractivity contribution < 1.29 is 13.6 Å². The largest absolute Gasteiger partial charge is 0.293 e. The molecule has 1 aliphatic heterocycles. The van der Waals surface area contributed by atoms with E-state index in [1.807, 2.05) is 24.3 Å². The van der Waals surface area contributed by atoms with Crippen LogP contribution in [-0.4, -0.2) is 23.7 Å². The molecule has 0 saturated heterocycles. The van der Waals surface area contributed by atoms with Crippen molar-refractivity contribution in [1.82, 2.24) is 4.98 Å². The number of alkyl halides is 2. The highest BCUT2D eigenvalue weighted by molar-refractivity contribution is 14.1. The second-order valence-electron chi connectivity index (χ2n) is 4.70. The molecule has 0 fully saturated rings. The normalized spacial score (nSPS) is 17.7. The molecule has 1 aromatic carbocycles. The molecule has 0 saturated carbocycles. The van der Waals surface area contributed by atoms with E-state index in [2.05, 4.69) is 27.6 Å². The van der Waals surface area contributed by atoms with Gasteiger partial charge in [0.15, 0.2) is 5.78 Å². The Morgan fingerprint density at radius 1 is 1.27 bits per heavy atom. The van der Waals surface area contributed by atoms with Crippen molar-refractivity contribution >= 4 is 46.1 Å². The van der Waals surface area contributed by atoms with E-state index in [-0.39, 0.29) is 5.78 Å². The summed E-state index contributed by atoms with van der Waals surface area (Å²) in [6.45, 7) is -0.456. The van der Waals surface area contributed by atoms with Crippen molar-refractivity contribution in [3.63, 3.8) is 0 Å². The Kier molecular flexibility index (Phi) is 4.62. The van der Waals surface area contributed by atoms with E-state index in [4.69, 9.17) is 0 Å². The van der Waals surface area contributed by atoms with Crippen LogP contribution in [-0.2, 0) is 0 Å². The number of hydrogen-bond donors (Lipinski definition) is 0. The van der Waals surface area contributed by atoms with Crippen molar-refractivity contribution in [2.45, 2.75) is 11.7 Å². The molecular weight excluding hydrogens is 421 g/mol. The molecular formula is C15H11F2IN2OS. The molecule has 2 heterocycles. The number of rotatable bonds is 3. The zero-order chi connectivity index (χ0) is 15.7. The Bertz CT molecular complexity index is 713. The molecule has 1 aliphatic rings. The average Bonchev–Trinajstić information content (AvgIpc) is 2.51. The van der Waals surface area contributed by atoms with Gasteiger partial charge in [-0.05, 0) is 58.3 Å². The number of halogens is 3. The Morgan fingerprint density at radius 3 is 2.77 bits per heavy atom. The Labute approximate surface area is 144 Å². The van der Waals surface area contributed by atoms with Crippen molar-refractivity contribution in [3.05, 3.63) is 57.3 Å². The van der Waals surface area contributed by atoms with E-state index >= 15 is 0 Å². The number of ketones is 1. The lowest BCUT2D eigenvalue weighted by molar-refractivity contribution is 0.0986. The van der Waals surface area contributed by atoms with E-state index in [0.717, 1.165) is 21.1 Å². The maximum atomic E-state index is 12.9. The van der Waals surface area contributed by atoms with Crippen LogP contribution in [0.25, 0.3) is 0 Å². The molecule has 1 aromatic heterocycles. The van der Waals surface area contributed by atoms with Gasteiger partial charge in [0, 0.05) is 9.77 Å². The predicted octanol–water partition coefficient (Wildman–Crippen LogP) is 4.34. The van der Waals surface area contributed by atoms with Gasteiger partial charge in [-0.2, -0.15) is 0 Å². The van der Waals surface area contributed by atoms with Gasteiger partial charge in [0.1, 0.15) is 11.1 Å². The summed E-state index contributed by atoms with van der Waals surface area (Å²) in [5, 5.41) is -0.524. The predicted molar refractivity (Wildman–Crippen MR) is 91.4 cm³/mol. The molecule has 0 radical (unpaired) electrons. The molecule has 0 bridgehead atoms. The number of pyridine rings is 1. The summed E-state index contributed by atoms with van der Waals surface area (Å²) >= 11 is 3.27. The molecule has 1 atom stereocenters. The highest BCUT2D eigenvalue weighted by Crippen LogP contribution is 2.44. The first-order valence-electron chi connectivity index (χ1n) is 6.54. The maximum absolute atomic E-state index is 12.9. The zero-order valence-corrected chi connectivity index (χ0v) is 14.2. The van der Waals surface area contributed by atoms with Crippen LogP contribution < -0.4 is 4.31 Å². The topological polar surface area (TPSA) is 33.2 Å². The Morgan fingerprint density at radius 2 is 2.05 bits per heavy atom. The van der Waals surface area contributed by atoms with Gasteiger partial charge < -0.3 is 0 Å². The summed E-state index contributed by atoms with van der Waals surface area (Å²) in [5.41, 5.74) is 1.23. The monoisotopic (exact) mass is 432 g/mol. The van der Waals surface area contributed by atoms with Gasteiger partial charge in [0.05, 0.1) is 12.1 Å². The second kappa shape index (κ2) is 6.49. The molecule has 22 heavy (non-hydrogen) atoms. The van der Waals surface area contributed by atoms with Gasteiger partial charge in [0.2, 0.25) is 0 Å². The average molecular weight is 432 g/mol. The number of benzene rings is 1. The van der Waals surface area contributed by atoms with Crippen molar-refractivity contribution in [1.29, 1.82) is 0 Å². The minimum absolute atomic E-state index is 0.0947. The fourth-order valence-electron chi connectivity index (χ4n) is 2.29. The number of anilines is 1. The van der Waals surface area contributed by atoms with E-state index in [0.29, 0.717) is 11.4 Å². The number of hydrogen-bond acceptors (Lipinski definition) is 4. The quantitative estimate of drug-likeness (QED) is 0.534. The third-order valence-electron chi connectivity index (χ3n) is 3.25. The van der Waals surface area contributed by atoms with Gasteiger partial charge in [-0.25, -0.2) is 13.8 Å². The van der Waals surface area contributed by atoms with Crippen LogP contribution in [0.15, 0.2) is 42.6 Å². The number of nitrogens with zero attached hydrogens (tertiary/aromatic N) is 2. The first-order chi connectivity index (χ1) is 10.6. The van der Waals surface area contributed by atoms with Crippen LogP contribution in [0.3, 0.4) is 0 Å². The molecule has 0 N–H and O–H groups in total. The molecule has 7 heteroatoms. The lowest BCUT2D eigenvalue weighted by Crippen LogP contribution is -2.32. The van der Waals surface area contributed by atoms with Crippen LogP contribution in [0, 0.1) is 3.57 Å². The van der Waals surface area contributed by atoms with Crippen LogP contribution >= 0.6 is 34.5 Å². The smallest absolute Gasteiger partial charge is 0.256 e.